The fourth-order valence-electron chi connectivity index (χ4n) is 2.85. The first-order valence-corrected chi connectivity index (χ1v) is 10.7. The highest BCUT2D eigenvalue weighted by atomic mass is 35.5. The predicted molar refractivity (Wildman–Crippen MR) is 122 cm³/mol. The van der Waals surface area contributed by atoms with E-state index in [1.807, 2.05) is 0 Å². The molecule has 0 bridgehead atoms. The van der Waals surface area contributed by atoms with Crippen LogP contribution in [-0.4, -0.2) is 38.5 Å². The number of thioether (sulfide) groups is 1. The smallest absolute Gasteiger partial charge is 0.269 e. The van der Waals surface area contributed by atoms with E-state index >= 15 is 0 Å². The van der Waals surface area contributed by atoms with E-state index in [2.05, 4.69) is 20.5 Å². The number of nitrogens with zero attached hydrogens (tertiary/aromatic N) is 3. The Morgan fingerprint density at radius 2 is 2.00 bits per heavy atom. The molecule has 4 aromatic rings. The van der Waals surface area contributed by atoms with Gasteiger partial charge in [-0.05, 0) is 42.5 Å². The normalized spacial score (nSPS) is 10.9. The summed E-state index contributed by atoms with van der Waals surface area (Å²) in [6.07, 6.45) is 1.41. The van der Waals surface area contributed by atoms with Gasteiger partial charge in [0.15, 0.2) is 10.8 Å². The fourth-order valence-corrected chi connectivity index (χ4v) is 4.04. The van der Waals surface area contributed by atoms with E-state index < -0.39 is 0 Å². The summed E-state index contributed by atoms with van der Waals surface area (Å²) in [5.74, 6) is 0.247. The van der Waals surface area contributed by atoms with Crippen molar-refractivity contribution in [1.29, 1.82) is 0 Å². The number of halogens is 2. The average Bonchev–Trinajstić information content (AvgIpc) is 3.23. The van der Waals surface area contributed by atoms with E-state index in [9.17, 15) is 9.59 Å². The molecule has 0 fully saturated rings. The van der Waals surface area contributed by atoms with Gasteiger partial charge in [-0.25, -0.2) is 4.98 Å². The summed E-state index contributed by atoms with van der Waals surface area (Å²) in [4.78, 5) is 30.0. The minimum absolute atomic E-state index is 0.0264. The zero-order chi connectivity index (χ0) is 22.0. The molecule has 0 radical (unpaired) electrons. The Morgan fingerprint density at radius 3 is 2.71 bits per heavy atom. The monoisotopic (exact) mass is 475 g/mol. The molecular formula is C20H15Cl2N5O3S. The van der Waals surface area contributed by atoms with Gasteiger partial charge >= 0.3 is 0 Å². The highest BCUT2D eigenvalue weighted by molar-refractivity contribution is 7.99. The van der Waals surface area contributed by atoms with Crippen LogP contribution >= 0.6 is 35.0 Å². The molecule has 0 saturated heterocycles. The molecule has 0 unspecified atom stereocenters. The molecule has 1 amide bonds. The van der Waals surface area contributed by atoms with Gasteiger partial charge in [0, 0.05) is 10.7 Å². The van der Waals surface area contributed by atoms with Crippen LogP contribution in [0.1, 0.15) is 0 Å². The lowest BCUT2D eigenvalue weighted by atomic mass is 10.3. The maximum Gasteiger partial charge on any atom is 0.269 e. The third-order valence-electron chi connectivity index (χ3n) is 4.31. The molecule has 0 atom stereocenters. The minimum atomic E-state index is -0.333. The topological polar surface area (TPSA) is 102 Å². The van der Waals surface area contributed by atoms with Gasteiger partial charge < -0.3 is 10.1 Å². The van der Waals surface area contributed by atoms with Crippen molar-refractivity contribution in [3.05, 3.63) is 69.1 Å². The first-order chi connectivity index (χ1) is 15.0. The van der Waals surface area contributed by atoms with Crippen LogP contribution < -0.4 is 15.6 Å². The maximum absolute atomic E-state index is 13.1. The lowest BCUT2D eigenvalue weighted by Gasteiger charge is -2.13. The van der Waals surface area contributed by atoms with Gasteiger partial charge in [0.1, 0.15) is 11.1 Å². The number of carbonyl (C=O) groups excluding carboxylic acids is 1. The second kappa shape index (κ2) is 9.01. The number of amides is 1. The molecule has 0 aliphatic carbocycles. The number of aromatic amines is 1. The SMILES string of the molecule is COc1ccc(-n2c(SCC(=O)Nc3ccc(Cl)cc3)nc3[nH]ncc3c2=O)cc1Cl. The fraction of sp³-hybridized carbons (Fsp3) is 0.100. The number of anilines is 1. The lowest BCUT2D eigenvalue weighted by molar-refractivity contribution is -0.113. The molecular weight excluding hydrogens is 461 g/mol. The summed E-state index contributed by atoms with van der Waals surface area (Å²) in [5, 5.41) is 10.9. The van der Waals surface area contributed by atoms with Crippen molar-refractivity contribution in [1.82, 2.24) is 19.7 Å². The van der Waals surface area contributed by atoms with E-state index in [1.165, 1.54) is 17.9 Å². The van der Waals surface area contributed by atoms with E-state index in [0.29, 0.717) is 43.4 Å². The van der Waals surface area contributed by atoms with Crippen molar-refractivity contribution in [2.75, 3.05) is 18.2 Å². The Labute approximate surface area is 190 Å². The highest BCUT2D eigenvalue weighted by Gasteiger charge is 2.17. The van der Waals surface area contributed by atoms with Crippen LogP contribution in [0.2, 0.25) is 10.0 Å². The number of benzene rings is 2. The molecule has 4 rings (SSSR count). The quantitative estimate of drug-likeness (QED) is 0.320. The molecule has 8 nitrogen and oxygen atoms in total. The molecule has 0 aliphatic rings. The number of methoxy groups -OCH3 is 1. The molecule has 0 aliphatic heterocycles. The number of hydrogen-bond donors (Lipinski definition) is 2. The number of fused-ring (bicyclic) bond motifs is 1. The summed E-state index contributed by atoms with van der Waals surface area (Å²) in [6, 6.07) is 11.7. The van der Waals surface area contributed by atoms with Gasteiger partial charge in [-0.15, -0.1) is 0 Å². The molecule has 0 saturated carbocycles. The molecule has 2 N–H and O–H groups in total. The van der Waals surface area contributed by atoms with Crippen molar-refractivity contribution in [3.63, 3.8) is 0 Å². The predicted octanol–water partition coefficient (Wildman–Crippen LogP) is 4.16. The Bertz CT molecular complexity index is 1320. The number of nitrogens with one attached hydrogen (secondary N) is 2. The molecule has 31 heavy (non-hydrogen) atoms. The number of hydrogen-bond acceptors (Lipinski definition) is 6. The largest absolute Gasteiger partial charge is 0.495 e. The second-order valence-corrected chi connectivity index (χ2v) is 8.12. The molecule has 158 valence electrons. The molecule has 0 spiro atoms. The van der Waals surface area contributed by atoms with Crippen LogP contribution in [0.5, 0.6) is 5.75 Å². The van der Waals surface area contributed by atoms with Crippen LogP contribution in [0, 0.1) is 0 Å². The summed E-state index contributed by atoms with van der Waals surface area (Å²) in [6.45, 7) is 0. The van der Waals surface area contributed by atoms with Gasteiger partial charge in [-0.2, -0.15) is 5.10 Å². The summed E-state index contributed by atoms with van der Waals surface area (Å²) >= 11 is 13.2. The lowest BCUT2D eigenvalue weighted by Crippen LogP contribution is -2.22. The van der Waals surface area contributed by atoms with Crippen molar-refractivity contribution in [2.24, 2.45) is 0 Å². The summed E-state index contributed by atoms with van der Waals surface area (Å²) < 4.78 is 6.57. The zero-order valence-corrected chi connectivity index (χ0v) is 18.4. The van der Waals surface area contributed by atoms with Crippen LogP contribution in [0.4, 0.5) is 5.69 Å². The van der Waals surface area contributed by atoms with Gasteiger partial charge in [-0.3, -0.25) is 19.3 Å². The molecule has 2 aromatic heterocycles. The maximum atomic E-state index is 13.1. The molecule has 2 aromatic carbocycles. The standard InChI is InChI=1S/C20H15Cl2N5O3S/c1-30-16-7-6-13(8-15(16)22)27-19(29)14-9-23-26-18(14)25-20(27)31-10-17(28)24-12-4-2-11(21)3-5-12/h2-9H,10H2,1H3,(H,23,26)(H,24,28). The van der Waals surface area contributed by atoms with E-state index in [4.69, 9.17) is 27.9 Å². The number of carbonyl (C=O) groups is 1. The van der Waals surface area contributed by atoms with Crippen molar-refractivity contribution >= 4 is 57.6 Å². The van der Waals surface area contributed by atoms with Gasteiger partial charge in [0.05, 0.1) is 29.8 Å². The second-order valence-electron chi connectivity index (χ2n) is 6.33. The first-order valence-electron chi connectivity index (χ1n) is 8.94. The molecule has 2 heterocycles. The Kier molecular flexibility index (Phi) is 6.17. The summed E-state index contributed by atoms with van der Waals surface area (Å²) in [7, 11) is 1.51. The van der Waals surface area contributed by atoms with Crippen LogP contribution in [0.3, 0.4) is 0 Å². The Balaban J connectivity index is 1.65. The van der Waals surface area contributed by atoms with Crippen LogP contribution in [0.15, 0.2) is 58.6 Å². The third kappa shape index (κ3) is 4.53. The van der Waals surface area contributed by atoms with Gasteiger partial charge in [0.25, 0.3) is 5.56 Å². The highest BCUT2D eigenvalue weighted by Crippen LogP contribution is 2.28. The van der Waals surface area contributed by atoms with Crippen molar-refractivity contribution < 1.29 is 9.53 Å². The average molecular weight is 476 g/mol. The first kappa shape index (κ1) is 21.2. The number of rotatable bonds is 6. The van der Waals surface area contributed by atoms with Gasteiger partial charge in [0.2, 0.25) is 5.91 Å². The minimum Gasteiger partial charge on any atom is -0.495 e. The van der Waals surface area contributed by atoms with Crippen LogP contribution in [-0.2, 0) is 4.79 Å². The number of aromatic nitrogens is 4. The van der Waals surface area contributed by atoms with Gasteiger partial charge in [-0.1, -0.05) is 35.0 Å². The number of ether oxygens (including phenoxy) is 1. The van der Waals surface area contributed by atoms with E-state index in [-0.39, 0.29) is 17.2 Å². The Morgan fingerprint density at radius 1 is 1.23 bits per heavy atom. The van der Waals surface area contributed by atoms with E-state index in [0.717, 1.165) is 11.8 Å². The molecule has 11 heteroatoms. The Hall–Kier alpha value is -3.01. The number of H-pyrrole nitrogens is 1. The van der Waals surface area contributed by atoms with E-state index in [1.54, 1.807) is 42.5 Å². The van der Waals surface area contributed by atoms with Crippen LogP contribution in [0.25, 0.3) is 16.7 Å². The zero-order valence-electron chi connectivity index (χ0n) is 16.1. The third-order valence-corrected chi connectivity index (χ3v) is 5.79. The van der Waals surface area contributed by atoms with Crippen molar-refractivity contribution in [3.8, 4) is 11.4 Å². The van der Waals surface area contributed by atoms with Crippen molar-refractivity contribution in [2.45, 2.75) is 5.16 Å². The summed E-state index contributed by atoms with van der Waals surface area (Å²) in [5.41, 5.74) is 1.11.